The minimum Gasteiger partial charge on any atom is -0.486 e. The number of unbranched alkanes of at least 4 members (excludes halogenated alkanes) is 4. The summed E-state index contributed by atoms with van der Waals surface area (Å²) >= 11 is 0. The number of nitrogens with zero attached hydrogens (tertiary/aromatic N) is 1. The second kappa shape index (κ2) is 21.4. The van der Waals surface area contributed by atoms with Crippen molar-refractivity contribution < 1.29 is 33.3 Å². The van der Waals surface area contributed by atoms with Crippen molar-refractivity contribution >= 4 is 11.9 Å². The van der Waals surface area contributed by atoms with Crippen LogP contribution in [0, 0.1) is 0 Å². The smallest absolute Gasteiger partial charge is 0.308 e. The lowest BCUT2D eigenvalue weighted by atomic mass is 10.1. The zero-order chi connectivity index (χ0) is 28.8. The van der Waals surface area contributed by atoms with E-state index in [-0.39, 0.29) is 25.5 Å². The second-order valence-corrected chi connectivity index (χ2v) is 10.1. The first-order chi connectivity index (χ1) is 19.5. The van der Waals surface area contributed by atoms with E-state index >= 15 is 0 Å². The number of hydrogen-bond acceptors (Lipinski definition) is 9. The summed E-state index contributed by atoms with van der Waals surface area (Å²) in [5, 5.41) is 2.91. The van der Waals surface area contributed by atoms with Crippen LogP contribution in [-0.4, -0.2) is 89.6 Å². The molecule has 0 spiro atoms. The lowest BCUT2D eigenvalue weighted by molar-refractivity contribution is -0.151. The first kappa shape index (κ1) is 33.8. The Hall–Kier alpha value is -2.40. The van der Waals surface area contributed by atoms with Crippen molar-refractivity contribution in [2.24, 2.45) is 5.73 Å². The largest absolute Gasteiger partial charge is 0.486 e. The first-order valence-corrected chi connectivity index (χ1v) is 14.9. The van der Waals surface area contributed by atoms with Gasteiger partial charge in [-0.1, -0.05) is 38.7 Å². The first-order valence-electron chi connectivity index (χ1n) is 14.9. The highest BCUT2D eigenvalue weighted by atomic mass is 16.6. The SMILES string of the molecule is CCCCCCCC(=O)NCC(OC(=O)CCOCCOCCN)c1ccc2c(c1)OCCO2.CN1CCCC1. The number of fused-ring (bicyclic) bond motifs is 1. The zero-order valence-electron chi connectivity index (χ0n) is 24.6. The number of esters is 1. The molecule has 228 valence electrons. The molecule has 1 saturated heterocycles. The van der Waals surface area contributed by atoms with E-state index in [1.807, 2.05) is 6.07 Å². The molecule has 1 aromatic rings. The third-order valence-corrected chi connectivity index (χ3v) is 6.62. The Morgan fingerprint density at radius 3 is 2.33 bits per heavy atom. The van der Waals surface area contributed by atoms with Gasteiger partial charge in [0.15, 0.2) is 11.5 Å². The number of amides is 1. The number of carbonyl (C=O) groups excluding carboxylic acids is 2. The van der Waals surface area contributed by atoms with E-state index in [0.29, 0.717) is 57.5 Å². The monoisotopic (exact) mass is 565 g/mol. The van der Waals surface area contributed by atoms with Crippen LogP contribution in [0.25, 0.3) is 0 Å². The summed E-state index contributed by atoms with van der Waals surface area (Å²) in [6.07, 6.45) is 8.15. The molecule has 0 radical (unpaired) electrons. The van der Waals surface area contributed by atoms with E-state index in [0.717, 1.165) is 24.8 Å². The fraction of sp³-hybridized carbons (Fsp3) is 0.733. The average Bonchev–Trinajstić information content (AvgIpc) is 3.45. The summed E-state index contributed by atoms with van der Waals surface area (Å²) in [4.78, 5) is 27.1. The van der Waals surface area contributed by atoms with Crippen molar-refractivity contribution in [2.75, 3.05) is 72.9 Å². The van der Waals surface area contributed by atoms with Gasteiger partial charge in [-0.15, -0.1) is 0 Å². The van der Waals surface area contributed by atoms with Gasteiger partial charge < -0.3 is 39.6 Å². The van der Waals surface area contributed by atoms with Gasteiger partial charge in [-0.3, -0.25) is 9.59 Å². The fourth-order valence-electron chi connectivity index (χ4n) is 4.33. The van der Waals surface area contributed by atoms with Gasteiger partial charge in [-0.25, -0.2) is 0 Å². The molecule has 2 aliphatic rings. The normalized spacial score (nSPS) is 15.2. The molecule has 2 aliphatic heterocycles. The highest BCUT2D eigenvalue weighted by Crippen LogP contribution is 2.33. The van der Waals surface area contributed by atoms with Gasteiger partial charge in [-0.2, -0.15) is 0 Å². The lowest BCUT2D eigenvalue weighted by Crippen LogP contribution is -2.30. The fourth-order valence-corrected chi connectivity index (χ4v) is 4.33. The van der Waals surface area contributed by atoms with Crippen molar-refractivity contribution in [1.82, 2.24) is 10.2 Å². The number of nitrogens with one attached hydrogen (secondary N) is 1. The molecule has 3 N–H and O–H groups in total. The molecular weight excluding hydrogens is 514 g/mol. The summed E-state index contributed by atoms with van der Waals surface area (Å²) in [6, 6.07) is 5.42. The molecule has 0 aromatic heterocycles. The third-order valence-electron chi connectivity index (χ3n) is 6.62. The van der Waals surface area contributed by atoms with Gasteiger partial charge in [0.1, 0.15) is 19.3 Å². The number of nitrogens with two attached hydrogens (primary N) is 1. The number of rotatable bonds is 18. The van der Waals surface area contributed by atoms with Gasteiger partial charge in [0.2, 0.25) is 5.91 Å². The molecular formula is C30H51N3O7. The van der Waals surface area contributed by atoms with Crippen LogP contribution >= 0.6 is 0 Å². The van der Waals surface area contributed by atoms with Gasteiger partial charge >= 0.3 is 5.97 Å². The second-order valence-electron chi connectivity index (χ2n) is 10.1. The number of likely N-dealkylation sites (tertiary alicyclic amines) is 1. The summed E-state index contributed by atoms with van der Waals surface area (Å²) < 4.78 is 27.6. The van der Waals surface area contributed by atoms with E-state index in [2.05, 4.69) is 24.2 Å². The Kier molecular flexibility index (Phi) is 18.1. The molecule has 10 heteroatoms. The van der Waals surface area contributed by atoms with E-state index < -0.39 is 12.1 Å². The number of ether oxygens (including phenoxy) is 5. The van der Waals surface area contributed by atoms with Gasteiger partial charge in [0, 0.05) is 13.0 Å². The molecule has 1 amide bonds. The van der Waals surface area contributed by atoms with Crippen molar-refractivity contribution in [3.63, 3.8) is 0 Å². The van der Waals surface area contributed by atoms with Crippen LogP contribution in [0.2, 0.25) is 0 Å². The van der Waals surface area contributed by atoms with Gasteiger partial charge in [-0.05, 0) is 57.1 Å². The number of carbonyl (C=O) groups is 2. The van der Waals surface area contributed by atoms with Crippen LogP contribution in [0.4, 0.5) is 0 Å². The minimum absolute atomic E-state index is 0.0455. The van der Waals surface area contributed by atoms with Gasteiger partial charge in [0.25, 0.3) is 0 Å². The van der Waals surface area contributed by atoms with E-state index in [9.17, 15) is 9.59 Å². The molecule has 10 nitrogen and oxygen atoms in total. The Balaban J connectivity index is 0.000000821. The summed E-state index contributed by atoms with van der Waals surface area (Å²) in [6.45, 7) is 7.92. The maximum absolute atomic E-state index is 12.4. The molecule has 1 unspecified atom stereocenters. The average molecular weight is 566 g/mol. The molecule has 40 heavy (non-hydrogen) atoms. The third kappa shape index (κ3) is 14.8. The van der Waals surface area contributed by atoms with Crippen molar-refractivity contribution in [3.8, 4) is 11.5 Å². The van der Waals surface area contributed by atoms with Crippen molar-refractivity contribution in [3.05, 3.63) is 23.8 Å². The Labute approximate surface area is 240 Å². The maximum Gasteiger partial charge on any atom is 0.308 e. The topological polar surface area (TPSA) is 122 Å². The number of benzene rings is 1. The number of hydrogen-bond donors (Lipinski definition) is 2. The molecule has 1 atom stereocenters. The Morgan fingerprint density at radius 2 is 1.65 bits per heavy atom. The quantitative estimate of drug-likeness (QED) is 0.203. The van der Waals surface area contributed by atoms with E-state index in [4.69, 9.17) is 29.4 Å². The predicted octanol–water partition coefficient (Wildman–Crippen LogP) is 3.61. The molecule has 1 fully saturated rings. The van der Waals surface area contributed by atoms with Crippen LogP contribution in [0.5, 0.6) is 11.5 Å². The zero-order valence-corrected chi connectivity index (χ0v) is 24.6. The molecule has 3 rings (SSSR count). The lowest BCUT2D eigenvalue weighted by Gasteiger charge is -2.23. The molecule has 2 heterocycles. The maximum atomic E-state index is 12.4. The van der Waals surface area contributed by atoms with Crippen LogP contribution in [-0.2, 0) is 23.8 Å². The van der Waals surface area contributed by atoms with E-state index in [1.165, 1.54) is 38.8 Å². The van der Waals surface area contributed by atoms with E-state index in [1.54, 1.807) is 12.1 Å². The Morgan fingerprint density at radius 1 is 0.950 bits per heavy atom. The van der Waals surface area contributed by atoms with Crippen LogP contribution in [0.15, 0.2) is 18.2 Å². The molecule has 0 saturated carbocycles. The highest BCUT2D eigenvalue weighted by Gasteiger charge is 2.21. The van der Waals surface area contributed by atoms with Gasteiger partial charge in [0.05, 0.1) is 39.4 Å². The molecule has 0 aliphatic carbocycles. The highest BCUT2D eigenvalue weighted by molar-refractivity contribution is 5.76. The summed E-state index contributed by atoms with van der Waals surface area (Å²) in [5.41, 5.74) is 6.09. The van der Waals surface area contributed by atoms with Crippen LogP contribution in [0.3, 0.4) is 0 Å². The molecule has 0 bridgehead atoms. The molecule has 1 aromatic carbocycles. The standard InChI is InChI=1S/C25H40N2O7.C5H11N/c1-2-3-4-5-6-7-24(28)27-19-23(20-8-9-21-22(18-20)33-17-16-32-21)34-25(29)10-12-30-14-15-31-13-11-26;1-6-4-2-3-5-6/h8-9,18,23H,2-7,10-17,19,26H2,1H3,(H,27,28);2-5H2,1H3. The van der Waals surface area contributed by atoms with Crippen LogP contribution in [0.1, 0.15) is 76.4 Å². The summed E-state index contributed by atoms with van der Waals surface area (Å²) in [7, 11) is 2.17. The van der Waals surface area contributed by atoms with Crippen molar-refractivity contribution in [1.29, 1.82) is 0 Å². The van der Waals surface area contributed by atoms with Crippen LogP contribution < -0.4 is 20.5 Å². The Bertz CT molecular complexity index is 834. The summed E-state index contributed by atoms with van der Waals surface area (Å²) in [5.74, 6) is 0.807. The minimum atomic E-state index is -0.639. The predicted molar refractivity (Wildman–Crippen MR) is 155 cm³/mol. The van der Waals surface area contributed by atoms with Crippen molar-refractivity contribution in [2.45, 2.75) is 70.8 Å².